The lowest BCUT2D eigenvalue weighted by Crippen LogP contribution is -2.08. The van der Waals surface area contributed by atoms with E-state index in [1.165, 1.54) is 43.4 Å². The van der Waals surface area contributed by atoms with E-state index in [0.717, 1.165) is 12.5 Å². The van der Waals surface area contributed by atoms with Gasteiger partial charge in [-0.3, -0.25) is 0 Å². The molecule has 0 unspecified atom stereocenters. The van der Waals surface area contributed by atoms with E-state index in [2.05, 4.69) is 29.6 Å². The molecule has 2 rings (SSSR count). The molecule has 0 amide bonds. The van der Waals surface area contributed by atoms with E-state index in [1.807, 2.05) is 0 Å². The average molecular weight is 233 g/mol. The van der Waals surface area contributed by atoms with Gasteiger partial charge in [0.05, 0.1) is 6.61 Å². The van der Waals surface area contributed by atoms with Crippen LogP contribution in [-0.4, -0.2) is 13.7 Å². The summed E-state index contributed by atoms with van der Waals surface area (Å²) in [5.74, 6) is 0.956. The summed E-state index contributed by atoms with van der Waals surface area (Å²) < 4.78 is 5.21. The summed E-state index contributed by atoms with van der Waals surface area (Å²) in [6.07, 6.45) is 7.04. The molecular weight excluding hydrogens is 210 g/mol. The first-order valence-corrected chi connectivity index (χ1v) is 6.71. The maximum Gasteiger partial charge on any atom is 0.0733 e. The zero-order chi connectivity index (χ0) is 11.9. The number of rotatable bonds is 6. The number of para-hydroxylation sites is 1. The van der Waals surface area contributed by atoms with Crippen molar-refractivity contribution in [3.05, 3.63) is 29.8 Å². The zero-order valence-electron chi connectivity index (χ0n) is 10.7. The topological polar surface area (TPSA) is 21.3 Å². The van der Waals surface area contributed by atoms with Crippen LogP contribution in [0, 0.1) is 5.92 Å². The molecule has 1 aliphatic rings. The van der Waals surface area contributed by atoms with E-state index in [4.69, 9.17) is 4.74 Å². The van der Waals surface area contributed by atoms with Gasteiger partial charge in [0.1, 0.15) is 0 Å². The van der Waals surface area contributed by atoms with Gasteiger partial charge in [0.25, 0.3) is 0 Å². The van der Waals surface area contributed by atoms with Gasteiger partial charge >= 0.3 is 0 Å². The Bertz CT molecular complexity index is 331. The first-order valence-electron chi connectivity index (χ1n) is 6.71. The van der Waals surface area contributed by atoms with Crippen molar-refractivity contribution in [2.75, 3.05) is 19.0 Å². The van der Waals surface area contributed by atoms with Crippen LogP contribution in [0.25, 0.3) is 0 Å². The van der Waals surface area contributed by atoms with Crippen molar-refractivity contribution in [3.8, 4) is 0 Å². The lowest BCUT2D eigenvalue weighted by atomic mass is 10.0. The molecule has 1 aliphatic carbocycles. The van der Waals surface area contributed by atoms with E-state index < -0.39 is 0 Å². The van der Waals surface area contributed by atoms with Crippen LogP contribution >= 0.6 is 0 Å². The van der Waals surface area contributed by atoms with Gasteiger partial charge in [-0.25, -0.2) is 0 Å². The number of benzene rings is 1. The van der Waals surface area contributed by atoms with E-state index in [0.29, 0.717) is 6.61 Å². The average Bonchev–Trinajstić information content (AvgIpc) is 2.85. The van der Waals surface area contributed by atoms with Crippen LogP contribution in [0.15, 0.2) is 24.3 Å². The van der Waals surface area contributed by atoms with Crippen LogP contribution in [0.1, 0.15) is 37.7 Å². The van der Waals surface area contributed by atoms with Crippen molar-refractivity contribution >= 4 is 5.69 Å². The van der Waals surface area contributed by atoms with E-state index in [-0.39, 0.29) is 0 Å². The van der Waals surface area contributed by atoms with Crippen LogP contribution in [-0.2, 0) is 11.3 Å². The molecule has 1 saturated carbocycles. The molecule has 0 heterocycles. The summed E-state index contributed by atoms with van der Waals surface area (Å²) in [7, 11) is 1.75. The molecule has 94 valence electrons. The van der Waals surface area contributed by atoms with Crippen molar-refractivity contribution in [1.82, 2.24) is 0 Å². The normalized spacial score (nSPS) is 16.3. The molecule has 0 radical (unpaired) electrons. The number of nitrogens with one attached hydrogen (secondary N) is 1. The van der Waals surface area contributed by atoms with Crippen molar-refractivity contribution in [2.24, 2.45) is 5.92 Å². The summed E-state index contributed by atoms with van der Waals surface area (Å²) in [6.45, 7) is 1.78. The molecule has 0 bridgehead atoms. The Balaban J connectivity index is 1.80. The molecule has 1 fully saturated rings. The minimum absolute atomic E-state index is 0.687. The molecule has 1 N–H and O–H groups in total. The van der Waals surface area contributed by atoms with E-state index in [9.17, 15) is 0 Å². The molecule has 2 heteroatoms. The molecule has 0 aliphatic heterocycles. The highest BCUT2D eigenvalue weighted by Gasteiger charge is 2.14. The number of hydrogen-bond acceptors (Lipinski definition) is 2. The molecule has 2 nitrogen and oxygen atoms in total. The smallest absolute Gasteiger partial charge is 0.0733 e. The molecule has 1 aromatic rings. The second-order valence-electron chi connectivity index (χ2n) is 4.96. The third-order valence-electron chi connectivity index (χ3n) is 3.66. The van der Waals surface area contributed by atoms with Gasteiger partial charge in [-0.2, -0.15) is 0 Å². The van der Waals surface area contributed by atoms with Gasteiger partial charge in [-0.1, -0.05) is 43.9 Å². The summed E-state index contributed by atoms with van der Waals surface area (Å²) in [4.78, 5) is 0. The Morgan fingerprint density at radius 2 is 2.00 bits per heavy atom. The Hall–Kier alpha value is -1.02. The fourth-order valence-corrected chi connectivity index (χ4v) is 2.68. The number of anilines is 1. The minimum atomic E-state index is 0.687. The molecule has 0 saturated heterocycles. The van der Waals surface area contributed by atoms with Gasteiger partial charge in [0.15, 0.2) is 0 Å². The molecule has 17 heavy (non-hydrogen) atoms. The quantitative estimate of drug-likeness (QED) is 0.806. The molecule has 0 aromatic heterocycles. The standard InChI is InChI=1S/C15H23NO/c1-17-12-14-8-4-5-9-15(14)16-11-10-13-6-2-3-7-13/h4-5,8-9,13,16H,2-3,6-7,10-12H2,1H3. The van der Waals surface area contributed by atoms with Crippen LogP contribution in [0.2, 0.25) is 0 Å². The largest absolute Gasteiger partial charge is 0.385 e. The van der Waals surface area contributed by atoms with E-state index in [1.54, 1.807) is 7.11 Å². The third-order valence-corrected chi connectivity index (χ3v) is 3.66. The summed E-state index contributed by atoms with van der Waals surface area (Å²) in [6, 6.07) is 8.41. The van der Waals surface area contributed by atoms with Crippen molar-refractivity contribution in [2.45, 2.75) is 38.7 Å². The number of ether oxygens (including phenoxy) is 1. The Kier molecular flexibility index (Phi) is 4.87. The lowest BCUT2D eigenvalue weighted by Gasteiger charge is -2.13. The summed E-state index contributed by atoms with van der Waals surface area (Å²) in [5.41, 5.74) is 2.48. The fraction of sp³-hybridized carbons (Fsp3) is 0.600. The lowest BCUT2D eigenvalue weighted by molar-refractivity contribution is 0.185. The van der Waals surface area contributed by atoms with Gasteiger partial charge in [-0.15, -0.1) is 0 Å². The van der Waals surface area contributed by atoms with Crippen LogP contribution in [0.5, 0.6) is 0 Å². The zero-order valence-corrected chi connectivity index (χ0v) is 10.7. The van der Waals surface area contributed by atoms with Gasteiger partial charge in [0, 0.05) is 24.9 Å². The predicted molar refractivity (Wildman–Crippen MR) is 72.2 cm³/mol. The summed E-state index contributed by atoms with van der Waals surface area (Å²) in [5, 5.41) is 3.54. The summed E-state index contributed by atoms with van der Waals surface area (Å²) >= 11 is 0. The number of hydrogen-bond donors (Lipinski definition) is 1. The minimum Gasteiger partial charge on any atom is -0.385 e. The first-order chi connectivity index (χ1) is 8.40. The second kappa shape index (κ2) is 6.65. The maximum atomic E-state index is 5.21. The third kappa shape index (κ3) is 3.74. The van der Waals surface area contributed by atoms with Crippen molar-refractivity contribution < 1.29 is 4.74 Å². The Morgan fingerprint density at radius 1 is 1.24 bits per heavy atom. The number of methoxy groups -OCH3 is 1. The second-order valence-corrected chi connectivity index (χ2v) is 4.96. The van der Waals surface area contributed by atoms with E-state index >= 15 is 0 Å². The monoisotopic (exact) mass is 233 g/mol. The van der Waals surface area contributed by atoms with Gasteiger partial charge < -0.3 is 10.1 Å². The van der Waals surface area contributed by atoms with Gasteiger partial charge in [0.2, 0.25) is 0 Å². The van der Waals surface area contributed by atoms with Crippen LogP contribution < -0.4 is 5.32 Å². The Morgan fingerprint density at radius 3 is 2.76 bits per heavy atom. The Labute approximate surface area is 104 Å². The molecule has 1 aromatic carbocycles. The SMILES string of the molecule is COCc1ccccc1NCCC1CCCC1. The molecular formula is C15H23NO. The predicted octanol–water partition coefficient (Wildman–Crippen LogP) is 3.83. The first kappa shape index (κ1) is 12.4. The van der Waals surface area contributed by atoms with Crippen molar-refractivity contribution in [1.29, 1.82) is 0 Å². The van der Waals surface area contributed by atoms with Gasteiger partial charge in [-0.05, 0) is 18.4 Å². The maximum absolute atomic E-state index is 5.21. The van der Waals surface area contributed by atoms with Crippen molar-refractivity contribution in [3.63, 3.8) is 0 Å². The van der Waals surface area contributed by atoms with Crippen LogP contribution in [0.3, 0.4) is 0 Å². The molecule has 0 spiro atoms. The highest BCUT2D eigenvalue weighted by atomic mass is 16.5. The van der Waals surface area contributed by atoms with Crippen LogP contribution in [0.4, 0.5) is 5.69 Å². The fourth-order valence-electron chi connectivity index (χ4n) is 2.68. The highest BCUT2D eigenvalue weighted by Crippen LogP contribution is 2.27. The molecule has 0 atom stereocenters. The highest BCUT2D eigenvalue weighted by molar-refractivity contribution is 5.50.